The molecule has 0 spiro atoms. The summed E-state index contributed by atoms with van der Waals surface area (Å²) in [5, 5.41) is 1.19. The molecule has 1 rings (SSSR count). The summed E-state index contributed by atoms with van der Waals surface area (Å²) in [5.41, 5.74) is 6.14. The Morgan fingerprint density at radius 3 is 2.38 bits per heavy atom. The summed E-state index contributed by atoms with van der Waals surface area (Å²) >= 11 is 13.4. The van der Waals surface area contributed by atoms with Gasteiger partial charge in [0.15, 0.2) is 0 Å². The number of hydrogen-bond acceptors (Lipinski definition) is 2. The van der Waals surface area contributed by atoms with Gasteiger partial charge in [0, 0.05) is 16.3 Å². The Morgan fingerprint density at radius 1 is 1.38 bits per heavy atom. The van der Waals surface area contributed by atoms with Crippen molar-refractivity contribution in [2.75, 3.05) is 11.5 Å². The van der Waals surface area contributed by atoms with Crippen LogP contribution >= 0.6 is 35.0 Å². The predicted molar refractivity (Wildman–Crippen MR) is 61.8 cm³/mol. The lowest BCUT2D eigenvalue weighted by molar-refractivity contribution is 1.46. The van der Waals surface area contributed by atoms with E-state index in [4.69, 9.17) is 28.9 Å². The van der Waals surface area contributed by atoms with Gasteiger partial charge in [-0.2, -0.15) is 0 Å². The van der Waals surface area contributed by atoms with E-state index in [0.717, 1.165) is 10.6 Å². The minimum absolute atomic E-state index is 0.581. The van der Waals surface area contributed by atoms with E-state index in [1.807, 2.05) is 0 Å². The van der Waals surface area contributed by atoms with Crippen LogP contribution in [0.3, 0.4) is 0 Å². The lowest BCUT2D eigenvalue weighted by atomic mass is 10.3. The van der Waals surface area contributed by atoms with Crippen molar-refractivity contribution >= 4 is 40.7 Å². The standard InChI is InChI=1S/C9H9Cl2NS/c1-2-3-13-9-7(10)4-6(12)5-8(9)11/h2,4-5H,1,3,12H2. The van der Waals surface area contributed by atoms with E-state index < -0.39 is 0 Å². The maximum absolute atomic E-state index is 5.95. The van der Waals surface area contributed by atoms with Crippen LogP contribution in [0, 0.1) is 0 Å². The molecule has 0 fully saturated rings. The summed E-state index contributed by atoms with van der Waals surface area (Å²) in [5.74, 6) is 0.781. The first kappa shape index (κ1) is 10.8. The van der Waals surface area contributed by atoms with Crippen LogP contribution in [0.2, 0.25) is 10.0 Å². The van der Waals surface area contributed by atoms with Crippen molar-refractivity contribution < 1.29 is 0 Å². The molecule has 0 saturated carbocycles. The Morgan fingerprint density at radius 2 is 1.92 bits per heavy atom. The van der Waals surface area contributed by atoms with Gasteiger partial charge in [-0.25, -0.2) is 0 Å². The van der Waals surface area contributed by atoms with Gasteiger partial charge in [-0.3, -0.25) is 0 Å². The molecule has 1 aromatic carbocycles. The largest absolute Gasteiger partial charge is 0.399 e. The third-order valence-corrected chi connectivity index (χ3v) is 3.32. The molecule has 0 atom stereocenters. The van der Waals surface area contributed by atoms with Crippen LogP contribution in [0.1, 0.15) is 0 Å². The van der Waals surface area contributed by atoms with Gasteiger partial charge in [0.05, 0.1) is 10.0 Å². The highest BCUT2D eigenvalue weighted by Crippen LogP contribution is 2.35. The molecule has 0 bridgehead atoms. The third-order valence-electron chi connectivity index (χ3n) is 1.37. The number of halogens is 2. The lowest BCUT2D eigenvalue weighted by Crippen LogP contribution is -1.86. The molecule has 1 aromatic rings. The summed E-state index contributed by atoms with van der Waals surface area (Å²) in [4.78, 5) is 0.859. The number of rotatable bonds is 3. The van der Waals surface area contributed by atoms with E-state index >= 15 is 0 Å². The van der Waals surface area contributed by atoms with Crippen molar-refractivity contribution in [1.29, 1.82) is 0 Å². The Bertz CT molecular complexity index is 302. The fourth-order valence-electron chi connectivity index (χ4n) is 0.860. The minimum atomic E-state index is 0.581. The van der Waals surface area contributed by atoms with Crippen LogP contribution in [0.5, 0.6) is 0 Å². The summed E-state index contributed by atoms with van der Waals surface area (Å²) in [6.45, 7) is 3.62. The van der Waals surface area contributed by atoms with Crippen LogP contribution < -0.4 is 5.73 Å². The van der Waals surface area contributed by atoms with Gasteiger partial charge < -0.3 is 5.73 Å². The molecule has 0 aliphatic heterocycles. The molecule has 0 heterocycles. The molecule has 0 unspecified atom stereocenters. The van der Waals surface area contributed by atoms with Crippen LogP contribution in [0.4, 0.5) is 5.69 Å². The fourth-order valence-corrected chi connectivity index (χ4v) is 2.37. The van der Waals surface area contributed by atoms with Crippen LogP contribution in [0.25, 0.3) is 0 Å². The summed E-state index contributed by atoms with van der Waals surface area (Å²) in [6.07, 6.45) is 1.80. The second-order valence-corrected chi connectivity index (χ2v) is 4.26. The molecule has 0 amide bonds. The lowest BCUT2D eigenvalue weighted by Gasteiger charge is -2.05. The second-order valence-electron chi connectivity index (χ2n) is 2.41. The smallest absolute Gasteiger partial charge is 0.0577 e. The molecular weight excluding hydrogens is 225 g/mol. The van der Waals surface area contributed by atoms with Gasteiger partial charge >= 0.3 is 0 Å². The quantitative estimate of drug-likeness (QED) is 0.488. The fraction of sp³-hybridized carbons (Fsp3) is 0.111. The molecule has 13 heavy (non-hydrogen) atoms. The second kappa shape index (κ2) is 4.80. The average Bonchev–Trinajstić information content (AvgIpc) is 2.02. The zero-order valence-electron chi connectivity index (χ0n) is 6.89. The predicted octanol–water partition coefficient (Wildman–Crippen LogP) is 3.85. The highest BCUT2D eigenvalue weighted by Gasteiger charge is 2.06. The number of nitrogens with two attached hydrogens (primary N) is 1. The van der Waals surface area contributed by atoms with Gasteiger partial charge in [0.2, 0.25) is 0 Å². The van der Waals surface area contributed by atoms with E-state index in [9.17, 15) is 0 Å². The highest BCUT2D eigenvalue weighted by atomic mass is 35.5. The first-order valence-electron chi connectivity index (χ1n) is 3.63. The summed E-state index contributed by atoms with van der Waals surface area (Å²) in [7, 11) is 0. The molecule has 0 radical (unpaired) electrons. The van der Waals surface area contributed by atoms with Crippen molar-refractivity contribution in [3.63, 3.8) is 0 Å². The normalized spacial score (nSPS) is 10.0. The summed E-state index contributed by atoms with van der Waals surface area (Å²) < 4.78 is 0. The number of anilines is 1. The highest BCUT2D eigenvalue weighted by molar-refractivity contribution is 7.99. The number of thioether (sulfide) groups is 1. The monoisotopic (exact) mass is 233 g/mol. The molecule has 0 aromatic heterocycles. The van der Waals surface area contributed by atoms with E-state index in [2.05, 4.69) is 6.58 Å². The van der Waals surface area contributed by atoms with E-state index in [-0.39, 0.29) is 0 Å². The molecular formula is C9H9Cl2NS. The van der Waals surface area contributed by atoms with Crippen molar-refractivity contribution in [3.05, 3.63) is 34.8 Å². The van der Waals surface area contributed by atoms with Crippen molar-refractivity contribution in [2.24, 2.45) is 0 Å². The van der Waals surface area contributed by atoms with Crippen molar-refractivity contribution in [3.8, 4) is 0 Å². The SMILES string of the molecule is C=CCSc1c(Cl)cc(N)cc1Cl. The van der Waals surface area contributed by atoms with E-state index in [0.29, 0.717) is 15.7 Å². The topological polar surface area (TPSA) is 26.0 Å². The summed E-state index contributed by atoms with van der Waals surface area (Å²) in [6, 6.07) is 3.39. The van der Waals surface area contributed by atoms with Crippen molar-refractivity contribution in [2.45, 2.75) is 4.90 Å². The zero-order chi connectivity index (χ0) is 9.84. The Kier molecular flexibility index (Phi) is 3.97. The molecule has 1 nitrogen and oxygen atoms in total. The van der Waals surface area contributed by atoms with Crippen molar-refractivity contribution in [1.82, 2.24) is 0 Å². The molecule has 0 aliphatic rings. The first-order valence-corrected chi connectivity index (χ1v) is 5.37. The van der Waals surface area contributed by atoms with Gasteiger partial charge in [-0.1, -0.05) is 29.3 Å². The molecule has 70 valence electrons. The van der Waals surface area contributed by atoms with E-state index in [1.54, 1.807) is 30.0 Å². The molecule has 2 N–H and O–H groups in total. The van der Waals surface area contributed by atoms with Crippen LogP contribution in [0.15, 0.2) is 29.7 Å². The Labute approximate surface area is 91.9 Å². The zero-order valence-corrected chi connectivity index (χ0v) is 9.22. The van der Waals surface area contributed by atoms with Gasteiger partial charge in [0.1, 0.15) is 0 Å². The Balaban J connectivity index is 2.98. The number of nitrogen functional groups attached to an aromatic ring is 1. The van der Waals surface area contributed by atoms with Gasteiger partial charge in [-0.05, 0) is 12.1 Å². The maximum Gasteiger partial charge on any atom is 0.0577 e. The molecule has 0 saturated heterocycles. The van der Waals surface area contributed by atoms with E-state index in [1.165, 1.54) is 0 Å². The van der Waals surface area contributed by atoms with Gasteiger partial charge in [0.25, 0.3) is 0 Å². The minimum Gasteiger partial charge on any atom is -0.399 e. The first-order chi connectivity index (χ1) is 6.15. The van der Waals surface area contributed by atoms with Gasteiger partial charge in [-0.15, -0.1) is 18.3 Å². The number of hydrogen-bond donors (Lipinski definition) is 1. The number of benzene rings is 1. The Hall–Kier alpha value is -0.310. The van der Waals surface area contributed by atoms with Crippen LogP contribution in [-0.4, -0.2) is 5.75 Å². The average molecular weight is 234 g/mol. The molecule has 4 heteroatoms. The third kappa shape index (κ3) is 2.83. The van der Waals surface area contributed by atoms with Crippen LogP contribution in [-0.2, 0) is 0 Å². The molecule has 0 aliphatic carbocycles. The maximum atomic E-state index is 5.95.